The molecule has 0 aliphatic heterocycles. The van der Waals surface area contributed by atoms with E-state index in [0.29, 0.717) is 5.71 Å². The van der Waals surface area contributed by atoms with Gasteiger partial charge in [0.1, 0.15) is 6.33 Å². The van der Waals surface area contributed by atoms with Crippen molar-refractivity contribution in [2.75, 3.05) is 0 Å². The second-order valence-electron chi connectivity index (χ2n) is 4.90. The zero-order chi connectivity index (χ0) is 12.8. The highest BCUT2D eigenvalue weighted by Gasteiger charge is 2.38. The number of hydrogen-bond acceptors (Lipinski definition) is 4. The minimum atomic E-state index is -0.403. The van der Waals surface area contributed by atoms with Gasteiger partial charge in [0, 0.05) is 28.3 Å². The first-order valence-electron chi connectivity index (χ1n) is 5.79. The van der Waals surface area contributed by atoms with Crippen LogP contribution in [0.25, 0.3) is 11.3 Å². The Bertz CT molecular complexity index is 647. The summed E-state index contributed by atoms with van der Waals surface area (Å²) < 4.78 is 0. The van der Waals surface area contributed by atoms with E-state index in [0.717, 1.165) is 22.4 Å². The Hall–Kier alpha value is -2.23. The normalized spacial score (nSPS) is 18.2. The average Bonchev–Trinajstić information content (AvgIpc) is 2.39. The first-order valence-corrected chi connectivity index (χ1v) is 5.79. The van der Waals surface area contributed by atoms with Gasteiger partial charge in [-0.2, -0.15) is 0 Å². The van der Waals surface area contributed by atoms with E-state index >= 15 is 0 Å². The summed E-state index contributed by atoms with van der Waals surface area (Å²) in [4.78, 5) is 8.46. The largest absolute Gasteiger partial charge is 0.411 e. The predicted octanol–water partition coefficient (Wildman–Crippen LogP) is 2.61. The molecule has 0 saturated heterocycles. The predicted molar refractivity (Wildman–Crippen MR) is 68.8 cm³/mol. The number of benzene rings is 1. The fraction of sp³-hybridized carbons (Fsp3) is 0.214. The molecule has 0 saturated carbocycles. The number of rotatable bonds is 0. The molecule has 0 atom stereocenters. The van der Waals surface area contributed by atoms with Crippen molar-refractivity contribution in [3.05, 3.63) is 47.9 Å². The minimum absolute atomic E-state index is 0.403. The van der Waals surface area contributed by atoms with Gasteiger partial charge < -0.3 is 5.21 Å². The molecule has 90 valence electrons. The summed E-state index contributed by atoms with van der Waals surface area (Å²) in [6, 6.07) is 7.84. The highest BCUT2D eigenvalue weighted by Crippen LogP contribution is 2.41. The smallest absolute Gasteiger partial charge is 0.116 e. The summed E-state index contributed by atoms with van der Waals surface area (Å²) in [6.45, 7) is 4.03. The number of aromatic nitrogens is 2. The summed E-state index contributed by atoms with van der Waals surface area (Å²) in [5.74, 6) is 0. The number of nitrogens with zero attached hydrogens (tertiary/aromatic N) is 3. The van der Waals surface area contributed by atoms with Crippen LogP contribution in [-0.4, -0.2) is 20.9 Å². The summed E-state index contributed by atoms with van der Waals surface area (Å²) in [5.41, 5.74) is 4.06. The maximum atomic E-state index is 9.35. The van der Waals surface area contributed by atoms with Crippen LogP contribution in [0.2, 0.25) is 0 Å². The van der Waals surface area contributed by atoms with E-state index in [2.05, 4.69) is 15.1 Å². The SMILES string of the molecule is CC1(C)C(=NO)c2ccccc2-c2ncncc21. The molecule has 0 bridgehead atoms. The molecule has 18 heavy (non-hydrogen) atoms. The van der Waals surface area contributed by atoms with Crippen LogP contribution in [0, 0.1) is 0 Å². The molecule has 1 aliphatic rings. The second-order valence-corrected chi connectivity index (χ2v) is 4.90. The highest BCUT2D eigenvalue weighted by molar-refractivity contribution is 6.14. The lowest BCUT2D eigenvalue weighted by atomic mass is 9.71. The van der Waals surface area contributed by atoms with Gasteiger partial charge in [0.15, 0.2) is 0 Å². The summed E-state index contributed by atoms with van der Waals surface area (Å²) in [7, 11) is 0. The van der Waals surface area contributed by atoms with Crippen molar-refractivity contribution in [3.63, 3.8) is 0 Å². The van der Waals surface area contributed by atoms with Crippen molar-refractivity contribution in [3.8, 4) is 11.3 Å². The summed E-state index contributed by atoms with van der Waals surface area (Å²) in [6.07, 6.45) is 3.34. The third kappa shape index (κ3) is 1.29. The Morgan fingerprint density at radius 2 is 1.89 bits per heavy atom. The first-order chi connectivity index (χ1) is 8.66. The molecule has 0 radical (unpaired) electrons. The van der Waals surface area contributed by atoms with Crippen LogP contribution in [0.15, 0.2) is 41.9 Å². The van der Waals surface area contributed by atoms with Crippen LogP contribution in [0.1, 0.15) is 25.0 Å². The van der Waals surface area contributed by atoms with E-state index < -0.39 is 5.41 Å². The van der Waals surface area contributed by atoms with Gasteiger partial charge in [0.25, 0.3) is 0 Å². The topological polar surface area (TPSA) is 58.4 Å². The lowest BCUT2D eigenvalue weighted by molar-refractivity contribution is 0.314. The molecule has 0 unspecified atom stereocenters. The fourth-order valence-electron chi connectivity index (χ4n) is 2.54. The van der Waals surface area contributed by atoms with Gasteiger partial charge in [0.2, 0.25) is 0 Å². The molecule has 3 rings (SSSR count). The minimum Gasteiger partial charge on any atom is -0.411 e. The lowest BCUT2D eigenvalue weighted by Crippen LogP contribution is -2.34. The molecular formula is C14H13N3O. The van der Waals surface area contributed by atoms with Gasteiger partial charge in [-0.3, -0.25) is 0 Å². The molecule has 2 aromatic rings. The van der Waals surface area contributed by atoms with Gasteiger partial charge in [-0.05, 0) is 13.8 Å². The molecule has 1 N–H and O–H groups in total. The molecule has 1 aromatic carbocycles. The summed E-state index contributed by atoms with van der Waals surface area (Å²) in [5, 5.41) is 12.8. The van der Waals surface area contributed by atoms with Crippen LogP contribution in [0.3, 0.4) is 0 Å². The Morgan fingerprint density at radius 3 is 2.61 bits per heavy atom. The van der Waals surface area contributed by atoms with Gasteiger partial charge in [-0.1, -0.05) is 29.4 Å². The van der Waals surface area contributed by atoms with E-state index in [4.69, 9.17) is 0 Å². The third-order valence-corrected chi connectivity index (χ3v) is 3.51. The van der Waals surface area contributed by atoms with E-state index in [-0.39, 0.29) is 0 Å². The number of oxime groups is 1. The van der Waals surface area contributed by atoms with Crippen molar-refractivity contribution in [2.24, 2.45) is 5.16 Å². The van der Waals surface area contributed by atoms with E-state index in [1.165, 1.54) is 0 Å². The lowest BCUT2D eigenvalue weighted by Gasteiger charge is -2.33. The van der Waals surface area contributed by atoms with Crippen molar-refractivity contribution < 1.29 is 5.21 Å². The molecule has 0 fully saturated rings. The zero-order valence-corrected chi connectivity index (χ0v) is 10.3. The summed E-state index contributed by atoms with van der Waals surface area (Å²) >= 11 is 0. The van der Waals surface area contributed by atoms with Crippen LogP contribution in [0.4, 0.5) is 0 Å². The molecule has 4 heteroatoms. The van der Waals surface area contributed by atoms with Gasteiger partial charge in [-0.25, -0.2) is 9.97 Å². The highest BCUT2D eigenvalue weighted by atomic mass is 16.4. The van der Waals surface area contributed by atoms with Crippen molar-refractivity contribution >= 4 is 5.71 Å². The van der Waals surface area contributed by atoms with Crippen LogP contribution >= 0.6 is 0 Å². The molecule has 1 aromatic heterocycles. The van der Waals surface area contributed by atoms with Gasteiger partial charge >= 0.3 is 0 Å². The standard InChI is InChI=1S/C14H13N3O/c1-14(2)11-7-15-8-16-12(11)9-5-3-4-6-10(9)13(14)17-18/h3-8,18H,1-2H3. The van der Waals surface area contributed by atoms with E-state index in [9.17, 15) is 5.21 Å². The average molecular weight is 239 g/mol. The quantitative estimate of drug-likeness (QED) is 0.568. The Kier molecular flexibility index (Phi) is 2.20. The van der Waals surface area contributed by atoms with Gasteiger partial charge in [-0.15, -0.1) is 0 Å². The Labute approximate surface area is 105 Å². The van der Waals surface area contributed by atoms with Crippen molar-refractivity contribution in [1.82, 2.24) is 9.97 Å². The molecule has 4 nitrogen and oxygen atoms in total. The molecule has 1 heterocycles. The molecule has 0 spiro atoms. The maximum absolute atomic E-state index is 9.35. The van der Waals surface area contributed by atoms with E-state index in [1.807, 2.05) is 38.1 Å². The monoisotopic (exact) mass is 239 g/mol. The third-order valence-electron chi connectivity index (χ3n) is 3.51. The molecular weight excluding hydrogens is 226 g/mol. The van der Waals surface area contributed by atoms with Crippen LogP contribution in [-0.2, 0) is 5.41 Å². The Balaban J connectivity index is 2.43. The zero-order valence-electron chi connectivity index (χ0n) is 10.3. The van der Waals surface area contributed by atoms with E-state index in [1.54, 1.807) is 12.5 Å². The van der Waals surface area contributed by atoms with Crippen LogP contribution < -0.4 is 0 Å². The van der Waals surface area contributed by atoms with Crippen molar-refractivity contribution in [2.45, 2.75) is 19.3 Å². The first kappa shape index (κ1) is 10.9. The van der Waals surface area contributed by atoms with Crippen LogP contribution in [0.5, 0.6) is 0 Å². The molecule has 1 aliphatic carbocycles. The number of hydrogen-bond donors (Lipinski definition) is 1. The van der Waals surface area contributed by atoms with Crippen molar-refractivity contribution in [1.29, 1.82) is 0 Å². The maximum Gasteiger partial charge on any atom is 0.116 e. The fourth-order valence-corrected chi connectivity index (χ4v) is 2.54. The van der Waals surface area contributed by atoms with Gasteiger partial charge in [0.05, 0.1) is 11.4 Å². The molecule has 0 amide bonds. The Morgan fingerprint density at radius 1 is 1.17 bits per heavy atom. The second kappa shape index (κ2) is 3.63. The number of fused-ring (bicyclic) bond motifs is 3.